The minimum Gasteiger partial charge on any atom is -0.343 e. The van der Waals surface area contributed by atoms with Crippen molar-refractivity contribution < 1.29 is 13.2 Å². The van der Waals surface area contributed by atoms with Crippen molar-refractivity contribution in [3.05, 3.63) is 17.5 Å². The monoisotopic (exact) mass is 353 g/mol. The van der Waals surface area contributed by atoms with Gasteiger partial charge in [-0.2, -0.15) is 4.31 Å². The number of carbonyl (C=O) groups is 1. The molecule has 2 saturated heterocycles. The lowest BCUT2D eigenvalue weighted by Gasteiger charge is -2.26. The van der Waals surface area contributed by atoms with Crippen LogP contribution in [0.25, 0.3) is 0 Å². The molecular formula is C17H27N3O3S. The molecule has 0 aliphatic carbocycles. The van der Waals surface area contributed by atoms with Crippen molar-refractivity contribution in [1.82, 2.24) is 13.8 Å². The van der Waals surface area contributed by atoms with Gasteiger partial charge in [-0.15, -0.1) is 0 Å². The molecule has 7 heteroatoms. The fourth-order valence-corrected chi connectivity index (χ4v) is 5.43. The molecule has 0 aromatic carbocycles. The zero-order valence-corrected chi connectivity index (χ0v) is 15.4. The number of hydrogen-bond donors (Lipinski definition) is 0. The van der Waals surface area contributed by atoms with Crippen LogP contribution >= 0.6 is 0 Å². The Kier molecular flexibility index (Phi) is 5.01. The molecule has 1 aromatic heterocycles. The van der Waals surface area contributed by atoms with E-state index in [0.29, 0.717) is 24.5 Å². The number of nitrogens with zero attached hydrogens (tertiary/aromatic N) is 3. The summed E-state index contributed by atoms with van der Waals surface area (Å²) in [6, 6.07) is 1.58. The van der Waals surface area contributed by atoms with E-state index >= 15 is 0 Å². The molecule has 2 aliphatic rings. The molecule has 1 aromatic rings. The lowest BCUT2D eigenvalue weighted by molar-refractivity contribution is 0.0714. The average Bonchev–Trinajstić information content (AvgIpc) is 2.92. The number of rotatable bonds is 3. The number of likely N-dealkylation sites (tertiary alicyclic amines) is 1. The van der Waals surface area contributed by atoms with Gasteiger partial charge in [0.25, 0.3) is 5.91 Å². The summed E-state index contributed by atoms with van der Waals surface area (Å²) in [5, 5.41) is 0. The molecule has 0 radical (unpaired) electrons. The van der Waals surface area contributed by atoms with Crippen LogP contribution in [0, 0.1) is 6.92 Å². The first-order chi connectivity index (χ1) is 11.4. The Balaban J connectivity index is 1.91. The first-order valence-electron chi connectivity index (χ1n) is 8.88. The molecule has 134 valence electrons. The van der Waals surface area contributed by atoms with E-state index in [9.17, 15) is 13.2 Å². The summed E-state index contributed by atoms with van der Waals surface area (Å²) in [5.74, 6) is -0.0552. The topological polar surface area (TPSA) is 62.6 Å². The highest BCUT2D eigenvalue weighted by molar-refractivity contribution is 7.89. The molecule has 0 unspecified atom stereocenters. The van der Waals surface area contributed by atoms with Crippen molar-refractivity contribution in [2.45, 2.75) is 50.3 Å². The fraction of sp³-hybridized carbons (Fsp3) is 0.706. The second-order valence-electron chi connectivity index (χ2n) is 6.86. The molecular weight excluding hydrogens is 326 g/mol. The Morgan fingerprint density at radius 3 is 2.08 bits per heavy atom. The average molecular weight is 353 g/mol. The summed E-state index contributed by atoms with van der Waals surface area (Å²) in [4.78, 5) is 14.9. The maximum atomic E-state index is 13.0. The molecule has 2 aliphatic heterocycles. The highest BCUT2D eigenvalue weighted by Gasteiger charge is 2.31. The summed E-state index contributed by atoms with van der Waals surface area (Å²) in [6.07, 6.45) is 6.10. The molecule has 3 rings (SSSR count). The summed E-state index contributed by atoms with van der Waals surface area (Å²) >= 11 is 0. The smallest absolute Gasteiger partial charge is 0.270 e. The largest absolute Gasteiger partial charge is 0.343 e. The van der Waals surface area contributed by atoms with E-state index in [1.54, 1.807) is 28.9 Å². The van der Waals surface area contributed by atoms with Gasteiger partial charge in [0.05, 0.1) is 0 Å². The van der Waals surface area contributed by atoms with Crippen LogP contribution in [0.5, 0.6) is 0 Å². The number of amides is 1. The third-order valence-electron chi connectivity index (χ3n) is 5.28. The van der Waals surface area contributed by atoms with Crippen LogP contribution in [0.3, 0.4) is 0 Å². The van der Waals surface area contributed by atoms with Gasteiger partial charge in [0, 0.05) is 38.9 Å². The lowest BCUT2D eigenvalue weighted by atomic mass is 10.1. The highest BCUT2D eigenvalue weighted by atomic mass is 32.2. The molecule has 0 N–H and O–H groups in total. The molecule has 0 bridgehead atoms. The highest BCUT2D eigenvalue weighted by Crippen LogP contribution is 2.26. The molecule has 1 amide bonds. The van der Waals surface area contributed by atoms with Gasteiger partial charge in [-0.1, -0.05) is 6.42 Å². The van der Waals surface area contributed by atoms with Gasteiger partial charge in [0.15, 0.2) is 0 Å². The quantitative estimate of drug-likeness (QED) is 0.836. The molecule has 0 atom stereocenters. The van der Waals surface area contributed by atoms with Crippen molar-refractivity contribution in [1.29, 1.82) is 0 Å². The first-order valence-corrected chi connectivity index (χ1v) is 10.3. The summed E-state index contributed by atoms with van der Waals surface area (Å²) in [5.41, 5.74) is 1.12. The number of hydrogen-bond acceptors (Lipinski definition) is 3. The summed E-state index contributed by atoms with van der Waals surface area (Å²) in [7, 11) is -1.74. The Morgan fingerprint density at radius 2 is 1.50 bits per heavy atom. The zero-order valence-electron chi connectivity index (χ0n) is 14.6. The third-order valence-corrected chi connectivity index (χ3v) is 7.30. The van der Waals surface area contributed by atoms with E-state index in [4.69, 9.17) is 0 Å². The Bertz CT molecular complexity index is 712. The van der Waals surface area contributed by atoms with E-state index in [1.165, 1.54) is 0 Å². The van der Waals surface area contributed by atoms with Crippen molar-refractivity contribution in [3.63, 3.8) is 0 Å². The Labute approximate surface area is 144 Å². The van der Waals surface area contributed by atoms with Crippen LogP contribution in [-0.2, 0) is 17.1 Å². The number of aromatic nitrogens is 1. The maximum Gasteiger partial charge on any atom is 0.270 e. The predicted molar refractivity (Wildman–Crippen MR) is 92.5 cm³/mol. The van der Waals surface area contributed by atoms with E-state index in [2.05, 4.69) is 0 Å². The van der Waals surface area contributed by atoms with Gasteiger partial charge in [0.1, 0.15) is 10.6 Å². The molecule has 6 nitrogen and oxygen atoms in total. The van der Waals surface area contributed by atoms with E-state index in [1.807, 2.05) is 4.90 Å². The van der Waals surface area contributed by atoms with Crippen molar-refractivity contribution >= 4 is 15.9 Å². The summed E-state index contributed by atoms with van der Waals surface area (Å²) in [6.45, 7) is 4.45. The van der Waals surface area contributed by atoms with E-state index in [0.717, 1.165) is 51.6 Å². The van der Waals surface area contributed by atoms with Gasteiger partial charge in [-0.05, 0) is 45.1 Å². The SMILES string of the molecule is Cc1c(S(=O)(=O)N2CCCCC2)cc(C(=O)N2CCCCC2)n1C. The minimum atomic E-state index is -3.52. The minimum absolute atomic E-state index is 0.0552. The van der Waals surface area contributed by atoms with Crippen LogP contribution in [-0.4, -0.2) is 54.3 Å². The molecule has 24 heavy (non-hydrogen) atoms. The third kappa shape index (κ3) is 3.11. The standard InChI is InChI=1S/C17H27N3O3S/c1-14-16(24(22,23)20-11-7-4-8-12-20)13-15(18(14)2)17(21)19-9-5-3-6-10-19/h13H,3-12H2,1-2H3. The number of carbonyl (C=O) groups excluding carboxylic acids is 1. The van der Waals surface area contributed by atoms with Gasteiger partial charge in [-0.25, -0.2) is 8.42 Å². The normalized spacial score (nSPS) is 20.3. The second-order valence-corrected chi connectivity index (χ2v) is 8.76. The lowest BCUT2D eigenvalue weighted by Crippen LogP contribution is -2.36. The van der Waals surface area contributed by atoms with Crippen LogP contribution in [0.1, 0.15) is 54.7 Å². The van der Waals surface area contributed by atoms with Gasteiger partial charge < -0.3 is 9.47 Å². The fourth-order valence-electron chi connectivity index (χ4n) is 3.64. The molecule has 0 spiro atoms. The summed E-state index contributed by atoms with van der Waals surface area (Å²) < 4.78 is 29.2. The first kappa shape index (κ1) is 17.5. The predicted octanol–water partition coefficient (Wildman–Crippen LogP) is 2.13. The van der Waals surface area contributed by atoms with Crippen LogP contribution < -0.4 is 0 Å². The van der Waals surface area contributed by atoms with E-state index < -0.39 is 10.0 Å². The van der Waals surface area contributed by atoms with Crippen molar-refractivity contribution in [2.75, 3.05) is 26.2 Å². The molecule has 0 saturated carbocycles. The van der Waals surface area contributed by atoms with E-state index in [-0.39, 0.29) is 10.8 Å². The Hall–Kier alpha value is -1.34. The second kappa shape index (κ2) is 6.88. The maximum absolute atomic E-state index is 13.0. The number of piperidine rings is 2. The van der Waals surface area contributed by atoms with Gasteiger partial charge in [-0.3, -0.25) is 4.79 Å². The van der Waals surface area contributed by atoms with Crippen LogP contribution in [0.4, 0.5) is 0 Å². The van der Waals surface area contributed by atoms with Crippen molar-refractivity contribution in [3.8, 4) is 0 Å². The van der Waals surface area contributed by atoms with Crippen LogP contribution in [0.2, 0.25) is 0 Å². The van der Waals surface area contributed by atoms with Crippen LogP contribution in [0.15, 0.2) is 11.0 Å². The Morgan fingerprint density at radius 1 is 0.958 bits per heavy atom. The molecule has 3 heterocycles. The van der Waals surface area contributed by atoms with Gasteiger partial charge >= 0.3 is 0 Å². The zero-order chi connectivity index (χ0) is 17.3. The molecule has 2 fully saturated rings. The number of sulfonamides is 1. The van der Waals surface area contributed by atoms with Gasteiger partial charge in [0.2, 0.25) is 10.0 Å². The van der Waals surface area contributed by atoms with Crippen molar-refractivity contribution in [2.24, 2.45) is 7.05 Å².